The Labute approximate surface area is 134 Å². The van der Waals surface area contributed by atoms with Gasteiger partial charge in [-0.25, -0.2) is 0 Å². The lowest BCUT2D eigenvalue weighted by molar-refractivity contribution is 0.209. The summed E-state index contributed by atoms with van der Waals surface area (Å²) in [7, 11) is 0. The maximum Gasteiger partial charge on any atom is 0.122 e. The fraction of sp³-hybridized carbons (Fsp3) is 0.500. The summed E-state index contributed by atoms with van der Waals surface area (Å²) in [4.78, 5) is 3.94. The Morgan fingerprint density at radius 1 is 1.33 bits per heavy atom. The van der Waals surface area contributed by atoms with Crippen LogP contribution in [0.4, 0.5) is 0 Å². The van der Waals surface area contributed by atoms with Gasteiger partial charge in [-0.05, 0) is 56.5 Å². The zero-order chi connectivity index (χ0) is 14.5. The van der Waals surface area contributed by atoms with Crippen molar-refractivity contribution in [2.24, 2.45) is 0 Å². The van der Waals surface area contributed by atoms with Crippen molar-refractivity contribution in [1.29, 1.82) is 0 Å². The molecule has 0 spiro atoms. The van der Waals surface area contributed by atoms with Gasteiger partial charge in [0.2, 0.25) is 0 Å². The first-order valence-corrected chi connectivity index (χ1v) is 9.52. The second-order valence-electron chi connectivity index (χ2n) is 5.33. The van der Waals surface area contributed by atoms with Gasteiger partial charge in [0.25, 0.3) is 0 Å². The van der Waals surface area contributed by atoms with Crippen LogP contribution in [0, 0.1) is 0 Å². The van der Waals surface area contributed by atoms with Crippen LogP contribution in [0.15, 0.2) is 39.2 Å². The fourth-order valence-corrected chi connectivity index (χ4v) is 4.40. The monoisotopic (exact) mass is 322 g/mol. The highest BCUT2D eigenvalue weighted by Gasteiger charge is 2.25. The Morgan fingerprint density at radius 3 is 2.86 bits per heavy atom. The van der Waals surface area contributed by atoms with Crippen molar-refractivity contribution in [2.45, 2.75) is 29.6 Å². The van der Waals surface area contributed by atoms with Crippen molar-refractivity contribution in [3.63, 3.8) is 0 Å². The lowest BCUT2D eigenvalue weighted by atomic mass is 10.2. The van der Waals surface area contributed by atoms with E-state index in [9.17, 15) is 0 Å². The Kier molecular flexibility index (Phi) is 5.41. The van der Waals surface area contributed by atoms with Crippen molar-refractivity contribution >= 4 is 23.1 Å². The van der Waals surface area contributed by atoms with Crippen molar-refractivity contribution in [1.82, 2.24) is 10.2 Å². The van der Waals surface area contributed by atoms with Gasteiger partial charge in [-0.15, -0.1) is 23.1 Å². The number of rotatable bonds is 7. The quantitative estimate of drug-likeness (QED) is 0.780. The summed E-state index contributed by atoms with van der Waals surface area (Å²) in [5.41, 5.74) is 0. The van der Waals surface area contributed by atoms with Crippen LogP contribution >= 0.6 is 23.1 Å². The molecule has 1 aliphatic heterocycles. The summed E-state index contributed by atoms with van der Waals surface area (Å²) in [6, 6.07) is 8.88. The molecular formula is C16H22N2OS2. The predicted molar refractivity (Wildman–Crippen MR) is 90.1 cm³/mol. The zero-order valence-corrected chi connectivity index (χ0v) is 14.0. The highest BCUT2D eigenvalue weighted by Crippen LogP contribution is 2.27. The number of nitrogens with zero attached hydrogens (tertiary/aromatic N) is 1. The lowest BCUT2D eigenvalue weighted by Gasteiger charge is -2.26. The number of likely N-dealkylation sites (tertiary alicyclic amines) is 1. The van der Waals surface area contributed by atoms with Gasteiger partial charge < -0.3 is 9.73 Å². The maximum atomic E-state index is 5.65. The Hall–Kier alpha value is -0.750. The number of thioether (sulfide) groups is 1. The molecule has 5 heteroatoms. The normalized spacial score (nSPS) is 17.4. The first kappa shape index (κ1) is 15.2. The molecule has 0 radical (unpaired) electrons. The molecule has 1 aliphatic rings. The van der Waals surface area contributed by atoms with E-state index in [-0.39, 0.29) is 0 Å². The Bertz CT molecular complexity index is 532. The summed E-state index contributed by atoms with van der Waals surface area (Å²) >= 11 is 3.69. The van der Waals surface area contributed by atoms with Crippen LogP contribution in [0.3, 0.4) is 0 Å². The summed E-state index contributed by atoms with van der Waals surface area (Å²) in [5, 5.41) is 3.60. The molecule has 1 unspecified atom stereocenters. The molecule has 2 aromatic heterocycles. The van der Waals surface area contributed by atoms with Gasteiger partial charge in [-0.3, -0.25) is 4.90 Å². The van der Waals surface area contributed by atoms with E-state index in [4.69, 9.17) is 4.42 Å². The number of hydrogen-bond acceptors (Lipinski definition) is 5. The predicted octanol–water partition coefficient (Wildman–Crippen LogP) is 3.99. The van der Waals surface area contributed by atoms with Crippen molar-refractivity contribution in [3.8, 4) is 0 Å². The minimum atomic E-state index is 0.363. The molecule has 1 N–H and O–H groups in total. The first-order valence-electron chi connectivity index (χ1n) is 7.47. The maximum absolute atomic E-state index is 5.65. The number of furan rings is 1. The van der Waals surface area contributed by atoms with Crippen LogP contribution in [0.2, 0.25) is 0 Å². The van der Waals surface area contributed by atoms with Crippen LogP contribution in [-0.4, -0.2) is 30.8 Å². The third-order valence-electron chi connectivity index (χ3n) is 3.93. The molecule has 0 aromatic carbocycles. The fourth-order valence-electron chi connectivity index (χ4n) is 2.84. The smallest absolute Gasteiger partial charge is 0.122 e. The molecule has 0 aliphatic carbocycles. The molecule has 1 fully saturated rings. The molecule has 0 saturated carbocycles. The standard InChI is InChI=1S/C16H22N2OS2/c1-20-16-7-6-13(21-16)11-17-12-14(15-5-4-10-19-15)18-8-2-3-9-18/h4-7,10,14,17H,2-3,8-9,11-12H2,1H3. The average molecular weight is 322 g/mol. The van der Waals surface area contributed by atoms with Gasteiger partial charge in [0.15, 0.2) is 0 Å². The van der Waals surface area contributed by atoms with Gasteiger partial charge in [0.05, 0.1) is 16.5 Å². The molecule has 0 bridgehead atoms. The van der Waals surface area contributed by atoms with E-state index in [1.165, 1.54) is 35.0 Å². The first-order chi connectivity index (χ1) is 10.4. The topological polar surface area (TPSA) is 28.4 Å². The van der Waals surface area contributed by atoms with Gasteiger partial charge >= 0.3 is 0 Å². The van der Waals surface area contributed by atoms with Crippen molar-refractivity contribution < 1.29 is 4.42 Å². The van der Waals surface area contributed by atoms with Gasteiger partial charge in [0.1, 0.15) is 5.76 Å². The van der Waals surface area contributed by atoms with Crippen molar-refractivity contribution in [3.05, 3.63) is 41.2 Å². The highest BCUT2D eigenvalue weighted by molar-refractivity contribution is 8.00. The van der Waals surface area contributed by atoms with E-state index in [2.05, 4.69) is 34.7 Å². The minimum absolute atomic E-state index is 0.363. The van der Waals surface area contributed by atoms with Gasteiger partial charge in [-0.2, -0.15) is 0 Å². The van der Waals surface area contributed by atoms with E-state index in [1.54, 1.807) is 6.26 Å². The minimum Gasteiger partial charge on any atom is -0.468 e. The van der Waals surface area contributed by atoms with E-state index in [0.29, 0.717) is 6.04 Å². The molecule has 3 nitrogen and oxygen atoms in total. The molecule has 114 valence electrons. The van der Waals surface area contributed by atoms with Gasteiger partial charge in [-0.1, -0.05) is 0 Å². The zero-order valence-electron chi connectivity index (χ0n) is 12.4. The van der Waals surface area contributed by atoms with Crippen LogP contribution in [0.5, 0.6) is 0 Å². The van der Waals surface area contributed by atoms with Crippen LogP contribution in [0.1, 0.15) is 29.5 Å². The van der Waals surface area contributed by atoms with E-state index in [0.717, 1.165) is 18.8 Å². The molecule has 1 atom stereocenters. The van der Waals surface area contributed by atoms with E-state index >= 15 is 0 Å². The average Bonchev–Trinajstić information content (AvgIpc) is 3.24. The van der Waals surface area contributed by atoms with Crippen LogP contribution in [-0.2, 0) is 6.54 Å². The molecule has 3 rings (SSSR count). The summed E-state index contributed by atoms with van der Waals surface area (Å²) < 4.78 is 7.03. The molecule has 2 aromatic rings. The Morgan fingerprint density at radius 2 is 2.19 bits per heavy atom. The van der Waals surface area contributed by atoms with Crippen LogP contribution < -0.4 is 5.32 Å². The lowest BCUT2D eigenvalue weighted by Crippen LogP contribution is -2.33. The van der Waals surface area contributed by atoms with Crippen LogP contribution in [0.25, 0.3) is 0 Å². The summed E-state index contributed by atoms with van der Waals surface area (Å²) in [6.07, 6.45) is 6.52. The van der Waals surface area contributed by atoms with E-state index in [1.807, 2.05) is 29.2 Å². The second kappa shape index (κ2) is 7.49. The molecule has 1 saturated heterocycles. The third kappa shape index (κ3) is 3.92. The SMILES string of the molecule is CSc1ccc(CNCC(c2ccco2)N2CCCC2)s1. The number of nitrogens with one attached hydrogen (secondary N) is 1. The number of hydrogen-bond donors (Lipinski definition) is 1. The van der Waals surface area contributed by atoms with Crippen molar-refractivity contribution in [2.75, 3.05) is 25.9 Å². The largest absolute Gasteiger partial charge is 0.468 e. The molecule has 0 amide bonds. The third-order valence-corrected chi connectivity index (χ3v) is 6.10. The highest BCUT2D eigenvalue weighted by atomic mass is 32.2. The van der Waals surface area contributed by atoms with Gasteiger partial charge in [0, 0.05) is 18.0 Å². The van der Waals surface area contributed by atoms with E-state index < -0.39 is 0 Å². The summed E-state index contributed by atoms with van der Waals surface area (Å²) in [6.45, 7) is 4.25. The molecular weight excluding hydrogens is 300 g/mol. The Balaban J connectivity index is 1.57. The molecule has 21 heavy (non-hydrogen) atoms. The molecule has 3 heterocycles. The summed E-state index contributed by atoms with van der Waals surface area (Å²) in [5.74, 6) is 1.08. The number of thiophene rings is 1. The second-order valence-corrected chi connectivity index (χ2v) is 7.60.